The van der Waals surface area contributed by atoms with E-state index in [1.165, 1.54) is 6.07 Å². The van der Waals surface area contributed by atoms with Crippen LogP contribution in [-0.4, -0.2) is 12.3 Å². The molecule has 1 aromatic rings. The van der Waals surface area contributed by atoms with Crippen LogP contribution in [0.15, 0.2) is 35.3 Å². The first-order chi connectivity index (χ1) is 9.45. The molecule has 1 heterocycles. The van der Waals surface area contributed by atoms with Crippen LogP contribution in [0.4, 0.5) is 13.2 Å². The standard InChI is InChI=1S/C15H15F3N2/c16-15(17,18)11-3-1-2-9(6-11)14-5-4-10(8-20-14)12-7-13(12)19/h1-3,5-6,8,10,12-13H,4,7,19H2/t10?,12-,13+/m1/s1. The quantitative estimate of drug-likeness (QED) is 0.885. The van der Waals surface area contributed by atoms with E-state index in [1.54, 1.807) is 6.07 Å². The van der Waals surface area contributed by atoms with Gasteiger partial charge in [-0.15, -0.1) is 0 Å². The molecule has 1 aliphatic carbocycles. The molecule has 0 radical (unpaired) electrons. The number of aliphatic imine (C=N–C) groups is 1. The number of hydrogen-bond acceptors (Lipinski definition) is 2. The molecule has 0 bridgehead atoms. The predicted octanol–water partition coefficient (Wildman–Crippen LogP) is 3.48. The number of benzene rings is 1. The highest BCUT2D eigenvalue weighted by atomic mass is 19.4. The fraction of sp³-hybridized carbons (Fsp3) is 0.400. The van der Waals surface area contributed by atoms with E-state index in [2.05, 4.69) is 4.99 Å². The van der Waals surface area contributed by atoms with Crippen LogP contribution in [0, 0.1) is 11.8 Å². The van der Waals surface area contributed by atoms with Gasteiger partial charge in [-0.1, -0.05) is 18.2 Å². The highest BCUT2D eigenvalue weighted by Crippen LogP contribution is 2.39. The average molecular weight is 280 g/mol. The van der Waals surface area contributed by atoms with Gasteiger partial charge in [0.1, 0.15) is 0 Å². The summed E-state index contributed by atoms with van der Waals surface area (Å²) >= 11 is 0. The van der Waals surface area contributed by atoms with Crippen LogP contribution in [0.1, 0.15) is 24.0 Å². The van der Waals surface area contributed by atoms with E-state index in [4.69, 9.17) is 5.73 Å². The Kier molecular flexibility index (Phi) is 3.17. The summed E-state index contributed by atoms with van der Waals surface area (Å²) in [5.74, 6) is 0.817. The second kappa shape index (κ2) is 4.74. The third-order valence-corrected chi connectivity index (χ3v) is 3.92. The minimum Gasteiger partial charge on any atom is -0.327 e. The van der Waals surface area contributed by atoms with Crippen LogP contribution in [0.3, 0.4) is 0 Å². The summed E-state index contributed by atoms with van der Waals surface area (Å²) in [4.78, 5) is 4.31. The molecule has 106 valence electrons. The van der Waals surface area contributed by atoms with E-state index < -0.39 is 11.7 Å². The van der Waals surface area contributed by atoms with Crippen molar-refractivity contribution in [1.29, 1.82) is 0 Å². The third kappa shape index (κ3) is 2.63. The summed E-state index contributed by atoms with van der Waals surface area (Å²) in [5.41, 5.74) is 6.28. The summed E-state index contributed by atoms with van der Waals surface area (Å²) in [6.07, 6.45) is 1.24. The molecule has 2 N–H and O–H groups in total. The first-order valence-corrected chi connectivity index (χ1v) is 6.63. The first-order valence-electron chi connectivity index (χ1n) is 6.63. The molecule has 3 atom stereocenters. The molecule has 1 unspecified atom stereocenters. The van der Waals surface area contributed by atoms with Gasteiger partial charge in [0, 0.05) is 23.7 Å². The van der Waals surface area contributed by atoms with E-state index in [-0.39, 0.29) is 6.04 Å². The largest absolute Gasteiger partial charge is 0.416 e. The Morgan fingerprint density at radius 1 is 1.25 bits per heavy atom. The summed E-state index contributed by atoms with van der Waals surface area (Å²) in [7, 11) is 0. The van der Waals surface area contributed by atoms with Gasteiger partial charge in [-0.2, -0.15) is 13.2 Å². The number of halogens is 3. The third-order valence-electron chi connectivity index (χ3n) is 3.92. The zero-order valence-electron chi connectivity index (χ0n) is 10.8. The van der Waals surface area contributed by atoms with E-state index in [9.17, 15) is 13.2 Å². The topological polar surface area (TPSA) is 38.4 Å². The summed E-state index contributed by atoms with van der Waals surface area (Å²) in [6.45, 7) is 0. The molecular formula is C15H15F3N2. The van der Waals surface area contributed by atoms with Crippen LogP contribution in [0.25, 0.3) is 5.70 Å². The van der Waals surface area contributed by atoms with Gasteiger partial charge in [-0.05, 0) is 30.9 Å². The Morgan fingerprint density at radius 3 is 2.55 bits per heavy atom. The Morgan fingerprint density at radius 2 is 2.00 bits per heavy atom. The Balaban J connectivity index is 1.78. The second-order valence-electron chi connectivity index (χ2n) is 5.41. The normalized spacial score (nSPS) is 29.2. The van der Waals surface area contributed by atoms with Crippen LogP contribution >= 0.6 is 0 Å². The summed E-state index contributed by atoms with van der Waals surface area (Å²) in [5, 5.41) is 0. The molecule has 1 fully saturated rings. The van der Waals surface area contributed by atoms with Gasteiger partial charge in [-0.3, -0.25) is 4.99 Å². The summed E-state index contributed by atoms with van der Waals surface area (Å²) < 4.78 is 38.0. The molecule has 0 spiro atoms. The van der Waals surface area contributed by atoms with Gasteiger partial charge < -0.3 is 5.73 Å². The lowest BCUT2D eigenvalue weighted by Crippen LogP contribution is -2.14. The maximum absolute atomic E-state index is 12.7. The van der Waals surface area contributed by atoms with Crippen LogP contribution in [0.5, 0.6) is 0 Å². The van der Waals surface area contributed by atoms with Gasteiger partial charge in [0.25, 0.3) is 0 Å². The fourth-order valence-corrected chi connectivity index (χ4v) is 2.60. The molecule has 2 nitrogen and oxygen atoms in total. The lowest BCUT2D eigenvalue weighted by atomic mass is 9.96. The van der Waals surface area contributed by atoms with Gasteiger partial charge in [0.2, 0.25) is 0 Å². The smallest absolute Gasteiger partial charge is 0.327 e. The van der Waals surface area contributed by atoms with Crippen molar-refractivity contribution in [2.75, 3.05) is 0 Å². The molecule has 0 saturated heterocycles. The SMILES string of the molecule is N[C@H]1C[C@@H]1C1C=NC(c2cccc(C(F)(F)F)c2)=CC1. The van der Waals surface area contributed by atoms with Crippen LogP contribution < -0.4 is 5.73 Å². The van der Waals surface area contributed by atoms with E-state index in [0.717, 1.165) is 25.0 Å². The highest BCUT2D eigenvalue weighted by molar-refractivity contribution is 5.78. The van der Waals surface area contributed by atoms with Gasteiger partial charge in [-0.25, -0.2) is 0 Å². The minimum atomic E-state index is -4.32. The molecule has 2 aliphatic rings. The monoisotopic (exact) mass is 280 g/mol. The van der Waals surface area contributed by atoms with Crippen molar-refractivity contribution in [3.8, 4) is 0 Å². The average Bonchev–Trinajstić information content (AvgIpc) is 3.15. The molecule has 20 heavy (non-hydrogen) atoms. The van der Waals surface area contributed by atoms with E-state index in [0.29, 0.717) is 23.1 Å². The highest BCUT2D eigenvalue weighted by Gasteiger charge is 2.39. The molecule has 0 aromatic heterocycles. The Labute approximate surface area is 115 Å². The number of nitrogens with two attached hydrogens (primary N) is 1. The molecule has 0 amide bonds. The molecule has 1 saturated carbocycles. The van der Waals surface area contributed by atoms with Crippen molar-refractivity contribution in [3.63, 3.8) is 0 Å². The molecule has 3 rings (SSSR count). The lowest BCUT2D eigenvalue weighted by molar-refractivity contribution is -0.137. The van der Waals surface area contributed by atoms with Crippen molar-refractivity contribution >= 4 is 11.9 Å². The molecule has 1 aliphatic heterocycles. The zero-order chi connectivity index (χ0) is 14.3. The molecular weight excluding hydrogens is 265 g/mol. The number of nitrogens with zero attached hydrogens (tertiary/aromatic N) is 1. The Hall–Kier alpha value is -1.62. The van der Waals surface area contributed by atoms with Crippen LogP contribution in [0.2, 0.25) is 0 Å². The lowest BCUT2D eigenvalue weighted by Gasteiger charge is -2.16. The van der Waals surface area contributed by atoms with Gasteiger partial charge in [0.05, 0.1) is 11.3 Å². The summed E-state index contributed by atoms with van der Waals surface area (Å²) in [6, 6.07) is 5.54. The van der Waals surface area contributed by atoms with Crippen molar-refractivity contribution in [3.05, 3.63) is 41.5 Å². The molecule has 1 aromatic carbocycles. The zero-order valence-corrected chi connectivity index (χ0v) is 10.8. The van der Waals surface area contributed by atoms with Crippen molar-refractivity contribution in [1.82, 2.24) is 0 Å². The van der Waals surface area contributed by atoms with E-state index in [1.807, 2.05) is 12.3 Å². The minimum absolute atomic E-state index is 0.259. The van der Waals surface area contributed by atoms with Crippen molar-refractivity contribution in [2.45, 2.75) is 25.1 Å². The second-order valence-corrected chi connectivity index (χ2v) is 5.41. The maximum Gasteiger partial charge on any atom is 0.416 e. The maximum atomic E-state index is 12.7. The first kappa shape index (κ1) is 13.4. The van der Waals surface area contributed by atoms with Crippen molar-refractivity contribution in [2.24, 2.45) is 22.6 Å². The Bertz CT molecular complexity index is 575. The van der Waals surface area contributed by atoms with E-state index >= 15 is 0 Å². The molecule has 5 heteroatoms. The fourth-order valence-electron chi connectivity index (χ4n) is 2.60. The predicted molar refractivity (Wildman–Crippen MR) is 72.1 cm³/mol. The van der Waals surface area contributed by atoms with Crippen LogP contribution in [-0.2, 0) is 6.18 Å². The number of alkyl halides is 3. The van der Waals surface area contributed by atoms with Crippen molar-refractivity contribution < 1.29 is 13.2 Å². The number of hydrogen-bond donors (Lipinski definition) is 1. The van der Waals surface area contributed by atoms with Gasteiger partial charge in [0.15, 0.2) is 0 Å². The van der Waals surface area contributed by atoms with Gasteiger partial charge >= 0.3 is 6.18 Å². The number of rotatable bonds is 2. The number of allylic oxidation sites excluding steroid dienone is 1.